The number of sulfonamides is 1. The topological polar surface area (TPSA) is 89.2 Å². The minimum absolute atomic E-state index is 0.108. The summed E-state index contributed by atoms with van der Waals surface area (Å²) in [7, 11) is -1.72. The van der Waals surface area contributed by atoms with Crippen LogP contribution in [-0.2, 0) is 30.2 Å². The molecule has 0 aliphatic carbocycles. The zero-order valence-corrected chi connectivity index (χ0v) is 13.0. The molecule has 2 N–H and O–H groups in total. The van der Waals surface area contributed by atoms with Gasteiger partial charge in [-0.25, -0.2) is 13.1 Å². The normalized spacial score (nSPS) is 11.9. The molecule has 8 heteroatoms. The molecule has 0 aliphatic heterocycles. The fraction of sp³-hybridized carbons (Fsp3) is 0.462. The molecule has 0 amide bonds. The molecule has 2 aromatic rings. The maximum Gasteiger partial charge on any atom is 0.242 e. The maximum absolute atomic E-state index is 12.2. The second-order valence-corrected chi connectivity index (χ2v) is 6.54. The van der Waals surface area contributed by atoms with Gasteiger partial charge in [0.1, 0.15) is 6.26 Å². The summed E-state index contributed by atoms with van der Waals surface area (Å²) in [5, 5.41) is 6.92. The Bertz CT molecular complexity index is 662. The van der Waals surface area contributed by atoms with E-state index in [2.05, 4.69) is 26.6 Å². The third-order valence-electron chi connectivity index (χ3n) is 3.06. The Morgan fingerprint density at radius 1 is 1.38 bits per heavy atom. The van der Waals surface area contributed by atoms with Crippen LogP contribution in [0.5, 0.6) is 0 Å². The van der Waals surface area contributed by atoms with Gasteiger partial charge in [0.2, 0.25) is 10.0 Å². The van der Waals surface area contributed by atoms with Crippen LogP contribution >= 0.6 is 0 Å². The number of nitrogens with zero attached hydrogens (tertiary/aromatic N) is 2. The van der Waals surface area contributed by atoms with Crippen molar-refractivity contribution in [2.75, 3.05) is 6.54 Å². The quantitative estimate of drug-likeness (QED) is 0.710. The molecule has 0 saturated heterocycles. The number of hydrogen-bond acceptors (Lipinski definition) is 5. The average Bonchev–Trinajstić information content (AvgIpc) is 3.07. The molecule has 116 valence electrons. The SMILES string of the molecule is CCCNCc1cc(S(=O)(=O)NCc2ccon2)cn1C. The molecule has 21 heavy (non-hydrogen) atoms. The van der Waals surface area contributed by atoms with Crippen LogP contribution < -0.4 is 10.0 Å². The minimum atomic E-state index is -3.55. The van der Waals surface area contributed by atoms with Crippen molar-refractivity contribution in [3.8, 4) is 0 Å². The highest BCUT2D eigenvalue weighted by molar-refractivity contribution is 7.89. The lowest BCUT2D eigenvalue weighted by atomic mass is 10.4. The summed E-state index contributed by atoms with van der Waals surface area (Å²) in [6.45, 7) is 3.74. The minimum Gasteiger partial charge on any atom is -0.364 e. The van der Waals surface area contributed by atoms with Crippen LogP contribution in [0.2, 0.25) is 0 Å². The van der Waals surface area contributed by atoms with E-state index in [0.717, 1.165) is 18.7 Å². The number of hydrogen-bond donors (Lipinski definition) is 2. The van der Waals surface area contributed by atoms with Crippen LogP contribution in [0.4, 0.5) is 0 Å². The summed E-state index contributed by atoms with van der Waals surface area (Å²) in [6, 6.07) is 3.29. The molecule has 0 aliphatic rings. The Labute approximate surface area is 124 Å². The smallest absolute Gasteiger partial charge is 0.242 e. The van der Waals surface area contributed by atoms with E-state index in [1.807, 2.05) is 11.6 Å². The van der Waals surface area contributed by atoms with Crippen molar-refractivity contribution in [2.45, 2.75) is 31.3 Å². The van der Waals surface area contributed by atoms with Crippen molar-refractivity contribution in [3.63, 3.8) is 0 Å². The van der Waals surface area contributed by atoms with Crippen molar-refractivity contribution in [2.24, 2.45) is 7.05 Å². The molecular weight excluding hydrogens is 292 g/mol. The Morgan fingerprint density at radius 3 is 2.86 bits per heavy atom. The van der Waals surface area contributed by atoms with Gasteiger partial charge in [-0.05, 0) is 19.0 Å². The number of nitrogens with one attached hydrogen (secondary N) is 2. The van der Waals surface area contributed by atoms with Crippen molar-refractivity contribution >= 4 is 10.0 Å². The van der Waals surface area contributed by atoms with Gasteiger partial charge in [0, 0.05) is 31.5 Å². The van der Waals surface area contributed by atoms with Crippen LogP contribution in [0.15, 0.2) is 34.0 Å². The largest absolute Gasteiger partial charge is 0.364 e. The van der Waals surface area contributed by atoms with Gasteiger partial charge < -0.3 is 14.4 Å². The van der Waals surface area contributed by atoms with E-state index in [-0.39, 0.29) is 11.4 Å². The average molecular weight is 312 g/mol. The summed E-state index contributed by atoms with van der Waals surface area (Å²) < 4.78 is 33.4. The fourth-order valence-electron chi connectivity index (χ4n) is 1.87. The molecule has 0 atom stereocenters. The molecule has 0 spiro atoms. The van der Waals surface area contributed by atoms with Crippen LogP contribution in [0.1, 0.15) is 24.7 Å². The van der Waals surface area contributed by atoms with E-state index < -0.39 is 10.0 Å². The Balaban J connectivity index is 2.04. The van der Waals surface area contributed by atoms with Gasteiger partial charge >= 0.3 is 0 Å². The predicted octanol–water partition coefficient (Wildman–Crippen LogP) is 0.991. The number of aromatic nitrogens is 2. The van der Waals surface area contributed by atoms with E-state index in [1.165, 1.54) is 6.26 Å². The van der Waals surface area contributed by atoms with Crippen LogP contribution in [0.25, 0.3) is 0 Å². The van der Waals surface area contributed by atoms with Gasteiger partial charge in [-0.3, -0.25) is 0 Å². The van der Waals surface area contributed by atoms with Crippen molar-refractivity contribution in [1.29, 1.82) is 0 Å². The first-order chi connectivity index (χ1) is 10.0. The predicted molar refractivity (Wildman–Crippen MR) is 77.9 cm³/mol. The molecule has 0 radical (unpaired) electrons. The fourth-order valence-corrected chi connectivity index (χ4v) is 2.97. The molecule has 0 fully saturated rings. The van der Waals surface area contributed by atoms with Crippen molar-refractivity contribution < 1.29 is 12.9 Å². The zero-order chi connectivity index (χ0) is 15.3. The lowest BCUT2D eigenvalue weighted by molar-refractivity contribution is 0.411. The van der Waals surface area contributed by atoms with Gasteiger partial charge in [-0.1, -0.05) is 12.1 Å². The van der Waals surface area contributed by atoms with Gasteiger partial charge in [0.25, 0.3) is 0 Å². The summed E-state index contributed by atoms with van der Waals surface area (Å²) in [6.07, 6.45) is 4.05. The summed E-state index contributed by atoms with van der Waals surface area (Å²) in [4.78, 5) is 0.252. The molecule has 2 rings (SSSR count). The first-order valence-corrected chi connectivity index (χ1v) is 8.26. The summed E-state index contributed by atoms with van der Waals surface area (Å²) in [5.74, 6) is 0. The lowest BCUT2D eigenvalue weighted by Gasteiger charge is -2.03. The van der Waals surface area contributed by atoms with E-state index in [4.69, 9.17) is 0 Å². The zero-order valence-electron chi connectivity index (χ0n) is 12.2. The van der Waals surface area contributed by atoms with Crippen LogP contribution in [0.3, 0.4) is 0 Å². The lowest BCUT2D eigenvalue weighted by Crippen LogP contribution is -2.23. The van der Waals surface area contributed by atoms with Crippen molar-refractivity contribution in [3.05, 3.63) is 36.0 Å². The first-order valence-electron chi connectivity index (χ1n) is 6.78. The van der Waals surface area contributed by atoms with Crippen LogP contribution in [0, 0.1) is 0 Å². The molecular formula is C13H20N4O3S. The first kappa shape index (κ1) is 15.7. The van der Waals surface area contributed by atoms with Gasteiger partial charge in [-0.2, -0.15) is 0 Å². The highest BCUT2D eigenvalue weighted by Crippen LogP contribution is 2.13. The molecule has 7 nitrogen and oxygen atoms in total. The third-order valence-corrected chi connectivity index (χ3v) is 4.43. The highest BCUT2D eigenvalue weighted by atomic mass is 32.2. The Morgan fingerprint density at radius 2 is 2.19 bits per heavy atom. The highest BCUT2D eigenvalue weighted by Gasteiger charge is 2.17. The van der Waals surface area contributed by atoms with Crippen molar-refractivity contribution in [1.82, 2.24) is 19.8 Å². The van der Waals surface area contributed by atoms with E-state index in [9.17, 15) is 8.42 Å². The van der Waals surface area contributed by atoms with E-state index in [1.54, 1.807) is 18.3 Å². The van der Waals surface area contributed by atoms with E-state index >= 15 is 0 Å². The molecule has 2 heterocycles. The molecule has 2 aromatic heterocycles. The monoisotopic (exact) mass is 312 g/mol. The van der Waals surface area contributed by atoms with E-state index in [0.29, 0.717) is 12.2 Å². The molecule has 0 aromatic carbocycles. The van der Waals surface area contributed by atoms with Gasteiger partial charge in [0.15, 0.2) is 0 Å². The third kappa shape index (κ3) is 4.16. The number of aryl methyl sites for hydroxylation is 1. The molecule has 0 unspecified atom stereocenters. The second-order valence-electron chi connectivity index (χ2n) is 4.77. The molecule has 0 bridgehead atoms. The van der Waals surface area contributed by atoms with Gasteiger partial charge in [0.05, 0.1) is 17.1 Å². The summed E-state index contributed by atoms with van der Waals surface area (Å²) in [5.41, 5.74) is 1.46. The second kappa shape index (κ2) is 6.88. The van der Waals surface area contributed by atoms with Crippen LogP contribution in [-0.4, -0.2) is 24.7 Å². The standard InChI is InChI=1S/C13H20N4O3S/c1-3-5-14-9-12-7-13(10-17(12)2)21(18,19)15-8-11-4-6-20-16-11/h4,6-7,10,14-15H,3,5,8-9H2,1-2H3. The molecule has 0 saturated carbocycles. The Hall–Kier alpha value is -1.64. The van der Waals surface area contributed by atoms with Gasteiger partial charge in [-0.15, -0.1) is 0 Å². The summed E-state index contributed by atoms with van der Waals surface area (Å²) >= 11 is 0. The number of rotatable bonds is 8. The maximum atomic E-state index is 12.2. The Kier molecular flexibility index (Phi) is 5.16.